The maximum atomic E-state index is 13.4. The van der Waals surface area contributed by atoms with E-state index in [-0.39, 0.29) is 11.9 Å². The Morgan fingerprint density at radius 2 is 1.90 bits per heavy atom. The number of likely N-dealkylation sites (N-methyl/N-ethyl adjacent to an activating group) is 1. The molecule has 2 rings (SSSR count). The van der Waals surface area contributed by atoms with Gasteiger partial charge in [-0.3, -0.25) is 0 Å². The van der Waals surface area contributed by atoms with Crippen molar-refractivity contribution in [3.05, 3.63) is 67.0 Å². The maximum Gasteiger partial charge on any atom is 0.123 e. The average molecular weight is 438 g/mol. The summed E-state index contributed by atoms with van der Waals surface area (Å²) in [4.78, 5) is 0. The Bertz CT molecular complexity index is 634. The third-order valence-corrected chi connectivity index (χ3v) is 5.17. The summed E-state index contributed by atoms with van der Waals surface area (Å²) in [7, 11) is 0. The fraction of sp³-hybridized carbons (Fsp3) is 0.250. The van der Waals surface area contributed by atoms with E-state index in [2.05, 4.69) is 27.9 Å². The second-order valence-corrected chi connectivity index (χ2v) is 6.70. The van der Waals surface area contributed by atoms with Crippen molar-refractivity contribution in [1.82, 2.24) is 5.32 Å². The molecule has 0 aromatic heterocycles. The van der Waals surface area contributed by atoms with Crippen LogP contribution < -0.4 is 5.32 Å². The van der Waals surface area contributed by atoms with E-state index in [1.165, 1.54) is 12.1 Å². The van der Waals surface area contributed by atoms with E-state index >= 15 is 0 Å². The van der Waals surface area contributed by atoms with Gasteiger partial charge < -0.3 is 5.32 Å². The fourth-order valence-electron chi connectivity index (χ4n) is 2.20. The fourth-order valence-corrected chi connectivity index (χ4v) is 2.92. The Balaban J connectivity index is 2.30. The van der Waals surface area contributed by atoms with E-state index in [4.69, 9.17) is 23.2 Å². The maximum absolute atomic E-state index is 13.4. The van der Waals surface area contributed by atoms with Crippen LogP contribution in [0.25, 0.3) is 0 Å². The molecule has 0 saturated heterocycles. The zero-order chi connectivity index (χ0) is 15.4. The van der Waals surface area contributed by atoms with Crippen molar-refractivity contribution >= 4 is 45.8 Å². The molecule has 2 aromatic rings. The minimum Gasteiger partial charge on any atom is -0.310 e. The lowest BCUT2D eigenvalue weighted by Gasteiger charge is -2.20. The first-order valence-electron chi connectivity index (χ1n) is 6.63. The second-order valence-electron chi connectivity index (χ2n) is 4.72. The predicted molar refractivity (Wildman–Crippen MR) is 95.7 cm³/mol. The predicted octanol–water partition coefficient (Wildman–Crippen LogP) is 5.63. The molecule has 0 amide bonds. The van der Waals surface area contributed by atoms with Crippen LogP contribution in [-0.2, 0) is 6.42 Å². The molecule has 1 N–H and O–H groups in total. The minimum atomic E-state index is -0.273. The van der Waals surface area contributed by atoms with Crippen LogP contribution in [0.5, 0.6) is 0 Å². The molecule has 0 spiro atoms. The van der Waals surface area contributed by atoms with Gasteiger partial charge in [-0.05, 0) is 77.0 Å². The van der Waals surface area contributed by atoms with E-state index in [0.29, 0.717) is 11.4 Å². The molecular weight excluding hydrogens is 423 g/mol. The van der Waals surface area contributed by atoms with Crippen molar-refractivity contribution in [1.29, 1.82) is 0 Å². The number of nitrogens with one attached hydrogen (secondary N) is 1. The highest BCUT2D eigenvalue weighted by Crippen LogP contribution is 2.27. The van der Waals surface area contributed by atoms with Gasteiger partial charge in [0.2, 0.25) is 0 Å². The first-order chi connectivity index (χ1) is 10.0. The van der Waals surface area contributed by atoms with Crippen LogP contribution >= 0.6 is 45.8 Å². The summed E-state index contributed by atoms with van der Waals surface area (Å²) >= 11 is 14.6. The van der Waals surface area contributed by atoms with Gasteiger partial charge in [0, 0.05) is 14.6 Å². The normalized spacial score (nSPS) is 12.4. The molecule has 0 heterocycles. The van der Waals surface area contributed by atoms with Gasteiger partial charge in [-0.25, -0.2) is 4.39 Å². The number of rotatable bonds is 5. The molecule has 0 aliphatic carbocycles. The van der Waals surface area contributed by atoms with Crippen LogP contribution in [0.4, 0.5) is 4.39 Å². The molecule has 0 saturated carbocycles. The van der Waals surface area contributed by atoms with Gasteiger partial charge in [0.1, 0.15) is 5.82 Å². The molecule has 0 aliphatic rings. The Labute approximate surface area is 148 Å². The summed E-state index contributed by atoms with van der Waals surface area (Å²) in [6.45, 7) is 2.84. The van der Waals surface area contributed by atoms with Crippen LogP contribution in [0.2, 0.25) is 10.0 Å². The summed E-state index contributed by atoms with van der Waals surface area (Å²) in [5, 5.41) is 4.70. The Morgan fingerprint density at radius 1 is 1.14 bits per heavy atom. The van der Waals surface area contributed by atoms with E-state index in [9.17, 15) is 4.39 Å². The highest BCUT2D eigenvalue weighted by Gasteiger charge is 2.15. The lowest BCUT2D eigenvalue weighted by Crippen LogP contribution is -2.23. The summed E-state index contributed by atoms with van der Waals surface area (Å²) in [5.74, 6) is -0.273. The SMILES string of the molecule is CCNC(Cc1cc(F)ccc1Cl)c1ccc(I)c(Cl)c1. The molecule has 0 bridgehead atoms. The second kappa shape index (κ2) is 7.77. The van der Waals surface area contributed by atoms with Crippen molar-refractivity contribution in [2.24, 2.45) is 0 Å². The van der Waals surface area contributed by atoms with E-state index in [1.54, 1.807) is 6.07 Å². The van der Waals surface area contributed by atoms with Crippen LogP contribution in [0, 0.1) is 9.39 Å². The molecule has 112 valence electrons. The quantitative estimate of drug-likeness (QED) is 0.597. The molecule has 1 unspecified atom stereocenters. The van der Waals surface area contributed by atoms with Crippen LogP contribution in [0.3, 0.4) is 0 Å². The van der Waals surface area contributed by atoms with E-state index in [1.807, 2.05) is 25.1 Å². The van der Waals surface area contributed by atoms with Gasteiger partial charge in [-0.15, -0.1) is 0 Å². The third kappa shape index (κ3) is 4.55. The number of hydrogen-bond donors (Lipinski definition) is 1. The molecule has 0 fully saturated rings. The largest absolute Gasteiger partial charge is 0.310 e. The molecule has 2 aromatic carbocycles. The Hall–Kier alpha value is -0.360. The smallest absolute Gasteiger partial charge is 0.123 e. The number of benzene rings is 2. The molecule has 21 heavy (non-hydrogen) atoms. The topological polar surface area (TPSA) is 12.0 Å². The lowest BCUT2D eigenvalue weighted by atomic mass is 9.98. The molecule has 0 radical (unpaired) electrons. The Kier molecular flexibility index (Phi) is 6.29. The highest BCUT2D eigenvalue weighted by molar-refractivity contribution is 14.1. The highest BCUT2D eigenvalue weighted by atomic mass is 127. The molecular formula is C16H15Cl2FIN. The summed E-state index contributed by atoms with van der Waals surface area (Å²) in [6, 6.07) is 10.5. The zero-order valence-electron chi connectivity index (χ0n) is 11.5. The number of halogens is 4. The molecule has 1 nitrogen and oxygen atoms in total. The van der Waals surface area contributed by atoms with Crippen molar-refractivity contribution < 1.29 is 4.39 Å². The van der Waals surface area contributed by atoms with Crippen molar-refractivity contribution in [2.45, 2.75) is 19.4 Å². The molecule has 0 aliphatic heterocycles. The van der Waals surface area contributed by atoms with Crippen LogP contribution in [0.1, 0.15) is 24.1 Å². The van der Waals surface area contributed by atoms with Crippen molar-refractivity contribution in [3.63, 3.8) is 0 Å². The first kappa shape index (κ1) is 17.0. The molecule has 5 heteroatoms. The van der Waals surface area contributed by atoms with Crippen LogP contribution in [-0.4, -0.2) is 6.54 Å². The van der Waals surface area contributed by atoms with Gasteiger partial charge in [-0.2, -0.15) is 0 Å². The zero-order valence-corrected chi connectivity index (χ0v) is 15.1. The summed E-state index contributed by atoms with van der Waals surface area (Å²) in [5.41, 5.74) is 1.86. The van der Waals surface area contributed by atoms with Gasteiger partial charge in [0.05, 0.1) is 5.02 Å². The van der Waals surface area contributed by atoms with Gasteiger partial charge in [0.25, 0.3) is 0 Å². The van der Waals surface area contributed by atoms with Gasteiger partial charge >= 0.3 is 0 Å². The first-order valence-corrected chi connectivity index (χ1v) is 8.47. The van der Waals surface area contributed by atoms with Crippen LogP contribution in [0.15, 0.2) is 36.4 Å². The Morgan fingerprint density at radius 3 is 2.57 bits per heavy atom. The standard InChI is InChI=1S/C16H15Cl2FIN/c1-2-21-16(10-3-6-15(20)14(18)8-10)9-11-7-12(19)4-5-13(11)17/h3-8,16,21H,2,9H2,1H3. The average Bonchev–Trinajstić information content (AvgIpc) is 2.45. The van der Waals surface area contributed by atoms with Crippen molar-refractivity contribution in [3.8, 4) is 0 Å². The molecule has 1 atom stereocenters. The van der Waals surface area contributed by atoms with Gasteiger partial charge in [-0.1, -0.05) is 36.2 Å². The van der Waals surface area contributed by atoms with E-state index < -0.39 is 0 Å². The number of hydrogen-bond acceptors (Lipinski definition) is 1. The lowest BCUT2D eigenvalue weighted by molar-refractivity contribution is 0.546. The summed E-state index contributed by atoms with van der Waals surface area (Å²) in [6.07, 6.45) is 0.612. The monoisotopic (exact) mass is 437 g/mol. The van der Waals surface area contributed by atoms with E-state index in [0.717, 1.165) is 26.3 Å². The van der Waals surface area contributed by atoms with Crippen molar-refractivity contribution in [2.75, 3.05) is 6.54 Å². The summed E-state index contributed by atoms with van der Waals surface area (Å²) < 4.78 is 14.4. The third-order valence-electron chi connectivity index (χ3n) is 3.23. The van der Waals surface area contributed by atoms with Gasteiger partial charge in [0.15, 0.2) is 0 Å². The minimum absolute atomic E-state index is 0.0452.